The average molecular weight is 191 g/mol. The van der Waals surface area contributed by atoms with Crippen LogP contribution in [0.1, 0.15) is 11.1 Å². The number of benzene rings is 1. The Morgan fingerprint density at radius 1 is 1.31 bits per heavy atom. The molecule has 1 aromatic rings. The molecule has 0 amide bonds. The number of rotatable bonds is 3. The van der Waals surface area contributed by atoms with Crippen molar-refractivity contribution in [3.05, 3.63) is 41.6 Å². The molecule has 0 fully saturated rings. The minimum Gasteiger partial charge on any atom is -0.393 e. The Balaban J connectivity index is 2.99. The quantitative estimate of drug-likeness (QED) is 0.582. The van der Waals surface area contributed by atoms with Gasteiger partial charge in [-0.15, -0.1) is 0 Å². The summed E-state index contributed by atoms with van der Waals surface area (Å²) in [7, 11) is 1.87. The second kappa shape index (κ2) is 4.77. The molecule has 2 heteroatoms. The molecule has 13 heavy (non-hydrogen) atoms. The van der Waals surface area contributed by atoms with Crippen LogP contribution in [-0.2, 0) is 0 Å². The van der Waals surface area contributed by atoms with Gasteiger partial charge in [0.05, 0.1) is 0 Å². The lowest BCUT2D eigenvalue weighted by Crippen LogP contribution is -1.96. The van der Waals surface area contributed by atoms with Crippen molar-refractivity contribution < 1.29 is 0 Å². The predicted molar refractivity (Wildman–Crippen MR) is 61.9 cm³/mol. The van der Waals surface area contributed by atoms with Gasteiger partial charge >= 0.3 is 0 Å². The van der Waals surface area contributed by atoms with Gasteiger partial charge in [-0.3, -0.25) is 0 Å². The third kappa shape index (κ3) is 2.67. The molecule has 0 unspecified atom stereocenters. The summed E-state index contributed by atoms with van der Waals surface area (Å²) in [6, 6.07) is 8.30. The maximum atomic E-state index is 4.92. The molecule has 68 valence electrons. The van der Waals surface area contributed by atoms with Gasteiger partial charge in [-0.25, -0.2) is 0 Å². The van der Waals surface area contributed by atoms with Crippen LogP contribution in [-0.4, -0.2) is 12.4 Å². The molecular formula is C11H13NS. The van der Waals surface area contributed by atoms with Gasteiger partial charge in [0.25, 0.3) is 0 Å². The van der Waals surface area contributed by atoms with E-state index >= 15 is 0 Å². The molecule has 1 N–H and O–H groups in total. The van der Waals surface area contributed by atoms with Gasteiger partial charge in [0.1, 0.15) is 0 Å². The van der Waals surface area contributed by atoms with E-state index in [1.165, 1.54) is 5.56 Å². The van der Waals surface area contributed by atoms with E-state index in [1.807, 2.05) is 13.2 Å². The summed E-state index contributed by atoms with van der Waals surface area (Å²) in [6.45, 7) is 2.07. The standard InChI is InChI=1S/C11H13NS/c1-9-3-5-10(6-4-9)11(8-13)7-12-2/h3-8,12H,1-2H3/b11-7+. The highest BCUT2D eigenvalue weighted by Crippen LogP contribution is 2.12. The Morgan fingerprint density at radius 3 is 2.38 bits per heavy atom. The highest BCUT2D eigenvalue weighted by molar-refractivity contribution is 7.79. The summed E-state index contributed by atoms with van der Waals surface area (Å²) in [5.41, 5.74) is 3.45. The molecule has 0 aliphatic rings. The Labute approximate surface area is 84.5 Å². The zero-order chi connectivity index (χ0) is 9.68. The summed E-state index contributed by atoms with van der Waals surface area (Å²) < 4.78 is 0. The molecule has 0 radical (unpaired) electrons. The van der Waals surface area contributed by atoms with E-state index < -0.39 is 0 Å². The summed E-state index contributed by atoms with van der Waals surface area (Å²) in [6.07, 6.45) is 1.90. The number of thiocarbonyl (C=S) groups is 1. The lowest BCUT2D eigenvalue weighted by molar-refractivity contribution is 1.11. The summed E-state index contributed by atoms with van der Waals surface area (Å²) >= 11 is 4.92. The summed E-state index contributed by atoms with van der Waals surface area (Å²) in [5, 5.41) is 4.65. The van der Waals surface area contributed by atoms with Crippen LogP contribution in [0.2, 0.25) is 0 Å². The van der Waals surface area contributed by atoms with E-state index in [2.05, 4.69) is 36.5 Å². The molecule has 0 heterocycles. The molecule has 0 saturated heterocycles. The molecule has 0 atom stereocenters. The highest BCUT2D eigenvalue weighted by atomic mass is 32.1. The van der Waals surface area contributed by atoms with Crippen molar-refractivity contribution in [2.24, 2.45) is 0 Å². The molecule has 1 nitrogen and oxygen atoms in total. The first-order valence-electron chi connectivity index (χ1n) is 4.17. The fraction of sp³-hybridized carbons (Fsp3) is 0.182. The van der Waals surface area contributed by atoms with E-state index in [0.29, 0.717) is 0 Å². The van der Waals surface area contributed by atoms with E-state index in [4.69, 9.17) is 12.2 Å². The first kappa shape index (κ1) is 9.93. The second-order valence-electron chi connectivity index (χ2n) is 2.87. The molecule has 0 bridgehead atoms. The maximum Gasteiger partial charge on any atom is 0.0107 e. The van der Waals surface area contributed by atoms with Gasteiger partial charge in [0, 0.05) is 24.2 Å². The third-order valence-corrected chi connectivity index (χ3v) is 2.07. The molecule has 0 saturated carbocycles. The number of aryl methyl sites for hydroxylation is 1. The van der Waals surface area contributed by atoms with Crippen molar-refractivity contribution in [2.75, 3.05) is 7.05 Å². The summed E-state index contributed by atoms with van der Waals surface area (Å²) in [5.74, 6) is 0. The molecule has 0 spiro atoms. The van der Waals surface area contributed by atoms with Crippen molar-refractivity contribution in [3.8, 4) is 0 Å². The minimum absolute atomic E-state index is 1.04. The van der Waals surface area contributed by atoms with Gasteiger partial charge in [0.2, 0.25) is 0 Å². The molecule has 1 aromatic carbocycles. The van der Waals surface area contributed by atoms with Crippen LogP contribution < -0.4 is 5.32 Å². The topological polar surface area (TPSA) is 12.0 Å². The van der Waals surface area contributed by atoms with E-state index in [9.17, 15) is 0 Å². The number of nitrogens with one attached hydrogen (secondary N) is 1. The Hall–Kier alpha value is -1.15. The van der Waals surface area contributed by atoms with Crippen LogP contribution in [0, 0.1) is 6.92 Å². The first-order chi connectivity index (χ1) is 6.27. The van der Waals surface area contributed by atoms with Gasteiger partial charge in [-0.1, -0.05) is 42.0 Å². The number of allylic oxidation sites excluding steroid dienone is 1. The SMILES string of the molecule is CN/C=C(\C=S)c1ccc(C)cc1. The van der Waals surface area contributed by atoms with Crippen molar-refractivity contribution in [3.63, 3.8) is 0 Å². The van der Waals surface area contributed by atoms with Crippen molar-refractivity contribution in [1.82, 2.24) is 5.32 Å². The summed E-state index contributed by atoms with van der Waals surface area (Å²) in [4.78, 5) is 0. The lowest BCUT2D eigenvalue weighted by atomic mass is 10.1. The molecule has 0 aliphatic carbocycles. The molecule has 1 rings (SSSR count). The Morgan fingerprint density at radius 2 is 1.92 bits per heavy atom. The zero-order valence-electron chi connectivity index (χ0n) is 7.87. The van der Waals surface area contributed by atoms with Crippen LogP contribution in [0.25, 0.3) is 5.57 Å². The molecular weight excluding hydrogens is 178 g/mol. The second-order valence-corrected chi connectivity index (χ2v) is 3.11. The van der Waals surface area contributed by atoms with Crippen LogP contribution in [0.15, 0.2) is 30.5 Å². The minimum atomic E-state index is 1.04. The van der Waals surface area contributed by atoms with Crippen LogP contribution in [0.3, 0.4) is 0 Å². The zero-order valence-corrected chi connectivity index (χ0v) is 8.69. The Kier molecular flexibility index (Phi) is 3.65. The van der Waals surface area contributed by atoms with Crippen LogP contribution in [0.5, 0.6) is 0 Å². The van der Waals surface area contributed by atoms with Gasteiger partial charge in [-0.05, 0) is 12.5 Å². The van der Waals surface area contributed by atoms with E-state index in [0.717, 1.165) is 11.1 Å². The normalized spacial score (nSPS) is 11.1. The van der Waals surface area contributed by atoms with Crippen LogP contribution >= 0.6 is 12.2 Å². The van der Waals surface area contributed by atoms with Crippen molar-refractivity contribution >= 4 is 23.2 Å². The number of hydrogen-bond acceptors (Lipinski definition) is 2. The van der Waals surface area contributed by atoms with Crippen LogP contribution in [0.4, 0.5) is 0 Å². The largest absolute Gasteiger partial charge is 0.393 e. The fourth-order valence-corrected chi connectivity index (χ4v) is 1.29. The molecule has 0 aromatic heterocycles. The van der Waals surface area contributed by atoms with Crippen molar-refractivity contribution in [1.29, 1.82) is 0 Å². The van der Waals surface area contributed by atoms with Gasteiger partial charge in [-0.2, -0.15) is 0 Å². The lowest BCUT2D eigenvalue weighted by Gasteiger charge is -2.01. The average Bonchev–Trinajstić information content (AvgIpc) is 2.16. The maximum absolute atomic E-state index is 4.92. The Bertz CT molecular complexity index is 311. The highest BCUT2D eigenvalue weighted by Gasteiger charge is 1.95. The fourth-order valence-electron chi connectivity index (χ4n) is 1.09. The van der Waals surface area contributed by atoms with E-state index in [-0.39, 0.29) is 0 Å². The van der Waals surface area contributed by atoms with E-state index in [1.54, 1.807) is 5.37 Å². The molecule has 0 aliphatic heterocycles. The van der Waals surface area contributed by atoms with Crippen molar-refractivity contribution in [2.45, 2.75) is 6.92 Å². The smallest absolute Gasteiger partial charge is 0.0107 e. The predicted octanol–water partition coefficient (Wildman–Crippen LogP) is 2.56. The monoisotopic (exact) mass is 191 g/mol. The van der Waals surface area contributed by atoms with Gasteiger partial charge in [0.15, 0.2) is 0 Å². The third-order valence-electron chi connectivity index (χ3n) is 1.81. The number of hydrogen-bond donors (Lipinski definition) is 1. The first-order valence-corrected chi connectivity index (χ1v) is 4.64. The van der Waals surface area contributed by atoms with Gasteiger partial charge < -0.3 is 5.32 Å².